The largest absolute Gasteiger partial charge is 0.496 e. The normalized spacial score (nSPS) is 12.3. The van der Waals surface area contributed by atoms with E-state index >= 15 is 0 Å². The Bertz CT molecular complexity index is 586. The third kappa shape index (κ3) is 9.34. The summed E-state index contributed by atoms with van der Waals surface area (Å²) in [5.74, 6) is 1.77. The molecule has 1 aromatic rings. The summed E-state index contributed by atoms with van der Waals surface area (Å²) < 4.78 is 27.9. The summed E-state index contributed by atoms with van der Waals surface area (Å²) in [6.07, 6.45) is 0. The van der Waals surface area contributed by atoms with Gasteiger partial charge in [0.1, 0.15) is 18.1 Å². The fourth-order valence-corrected chi connectivity index (χ4v) is 2.84. The van der Waals surface area contributed by atoms with Crippen LogP contribution >= 0.6 is 0 Å². The molecule has 1 rings (SSSR count). The predicted octanol–water partition coefficient (Wildman–Crippen LogP) is 3.71. The van der Waals surface area contributed by atoms with E-state index < -0.39 is 0 Å². The number of methoxy groups -OCH3 is 1. The van der Waals surface area contributed by atoms with Crippen LogP contribution in [-0.2, 0) is 25.0 Å². The van der Waals surface area contributed by atoms with Gasteiger partial charge in [-0.15, -0.1) is 0 Å². The molecule has 168 valence electrons. The molecule has 0 atom stereocenters. The molecule has 0 aromatic heterocycles. The second-order valence-electron chi connectivity index (χ2n) is 8.96. The predicted molar refractivity (Wildman–Crippen MR) is 115 cm³/mol. The van der Waals surface area contributed by atoms with Crippen LogP contribution in [0.25, 0.3) is 0 Å². The second kappa shape index (κ2) is 12.4. The van der Waals surface area contributed by atoms with Crippen LogP contribution in [0.1, 0.15) is 52.7 Å². The molecule has 29 heavy (non-hydrogen) atoms. The Hall–Kier alpha value is -1.34. The molecule has 0 saturated carbocycles. The highest BCUT2D eigenvalue weighted by atomic mass is 16.6. The molecule has 0 saturated heterocycles. The fraction of sp³-hybridized carbons (Fsp3) is 0.739. The van der Waals surface area contributed by atoms with Crippen LogP contribution in [0.5, 0.6) is 11.5 Å². The van der Waals surface area contributed by atoms with Gasteiger partial charge in [0.2, 0.25) is 0 Å². The lowest BCUT2D eigenvalue weighted by atomic mass is 9.81. The standard InChI is InChI=1S/C23H40O6/c1-22(2,3)18-17-21(19(23(4,5)6)16-20(18)25-7)29-15-14-28-13-12-27-11-10-26-9-8-24/h16-17,24H,8-15H2,1-7H3. The molecule has 6 nitrogen and oxygen atoms in total. The minimum Gasteiger partial charge on any atom is -0.496 e. The van der Waals surface area contributed by atoms with E-state index in [1.54, 1.807) is 7.11 Å². The van der Waals surface area contributed by atoms with Gasteiger partial charge in [-0.2, -0.15) is 0 Å². The zero-order valence-electron chi connectivity index (χ0n) is 19.3. The molecule has 0 spiro atoms. The molecule has 0 aliphatic carbocycles. The first-order valence-corrected chi connectivity index (χ1v) is 10.3. The summed E-state index contributed by atoms with van der Waals surface area (Å²) in [6.45, 7) is 16.3. The van der Waals surface area contributed by atoms with Crippen molar-refractivity contribution in [1.82, 2.24) is 0 Å². The quantitative estimate of drug-likeness (QED) is 0.498. The van der Waals surface area contributed by atoms with Crippen LogP contribution in [0.3, 0.4) is 0 Å². The van der Waals surface area contributed by atoms with E-state index in [0.29, 0.717) is 46.2 Å². The first-order valence-electron chi connectivity index (χ1n) is 10.3. The lowest BCUT2D eigenvalue weighted by Gasteiger charge is -2.28. The summed E-state index contributed by atoms with van der Waals surface area (Å²) in [5, 5.41) is 8.61. The Labute approximate surface area is 176 Å². The summed E-state index contributed by atoms with van der Waals surface area (Å²) in [4.78, 5) is 0. The number of hydrogen-bond acceptors (Lipinski definition) is 6. The van der Waals surface area contributed by atoms with Crippen molar-refractivity contribution in [3.05, 3.63) is 23.3 Å². The van der Waals surface area contributed by atoms with Gasteiger partial charge in [-0.1, -0.05) is 41.5 Å². The topological polar surface area (TPSA) is 66.4 Å². The van der Waals surface area contributed by atoms with E-state index in [-0.39, 0.29) is 17.4 Å². The van der Waals surface area contributed by atoms with Crippen molar-refractivity contribution < 1.29 is 28.8 Å². The SMILES string of the molecule is COc1cc(C(C)(C)C)c(OCCOCCOCCOCCO)cc1C(C)(C)C. The molecule has 0 unspecified atom stereocenters. The van der Waals surface area contributed by atoms with Gasteiger partial charge in [-0.05, 0) is 23.0 Å². The Morgan fingerprint density at radius 1 is 0.655 bits per heavy atom. The second-order valence-corrected chi connectivity index (χ2v) is 8.96. The first-order chi connectivity index (χ1) is 13.6. The van der Waals surface area contributed by atoms with Crippen molar-refractivity contribution in [2.75, 3.05) is 60.0 Å². The Balaban J connectivity index is 2.56. The molecule has 1 aromatic carbocycles. The highest BCUT2D eigenvalue weighted by molar-refractivity contribution is 5.51. The zero-order chi connectivity index (χ0) is 21.9. The molecule has 1 N–H and O–H groups in total. The third-order valence-electron chi connectivity index (χ3n) is 4.38. The van der Waals surface area contributed by atoms with E-state index in [9.17, 15) is 0 Å². The van der Waals surface area contributed by atoms with Crippen molar-refractivity contribution in [3.63, 3.8) is 0 Å². The smallest absolute Gasteiger partial charge is 0.123 e. The Morgan fingerprint density at radius 3 is 1.52 bits per heavy atom. The van der Waals surface area contributed by atoms with Crippen molar-refractivity contribution in [2.45, 2.75) is 52.4 Å². The highest BCUT2D eigenvalue weighted by Crippen LogP contribution is 2.41. The van der Waals surface area contributed by atoms with E-state index in [2.05, 4.69) is 53.7 Å². The average Bonchev–Trinajstić information content (AvgIpc) is 2.64. The van der Waals surface area contributed by atoms with Gasteiger partial charge in [-0.3, -0.25) is 0 Å². The van der Waals surface area contributed by atoms with E-state index in [1.165, 1.54) is 0 Å². The summed E-state index contributed by atoms with van der Waals surface area (Å²) in [6, 6.07) is 4.21. The number of benzene rings is 1. The lowest BCUT2D eigenvalue weighted by Crippen LogP contribution is -2.19. The molecule has 6 heteroatoms. The maximum atomic E-state index is 8.61. The molecule has 0 aliphatic heterocycles. The average molecular weight is 413 g/mol. The number of aliphatic hydroxyl groups is 1. The monoisotopic (exact) mass is 412 g/mol. The zero-order valence-corrected chi connectivity index (χ0v) is 19.3. The van der Waals surface area contributed by atoms with Gasteiger partial charge >= 0.3 is 0 Å². The van der Waals surface area contributed by atoms with Crippen molar-refractivity contribution in [1.29, 1.82) is 0 Å². The fourth-order valence-electron chi connectivity index (χ4n) is 2.84. The molecule has 0 aliphatic rings. The first kappa shape index (κ1) is 25.7. The molecule has 0 heterocycles. The van der Waals surface area contributed by atoms with E-state index in [4.69, 9.17) is 28.8 Å². The number of rotatable bonds is 13. The minimum atomic E-state index is -0.0637. The van der Waals surface area contributed by atoms with E-state index in [0.717, 1.165) is 22.6 Å². The lowest BCUT2D eigenvalue weighted by molar-refractivity contribution is 0.00353. The summed E-state index contributed by atoms with van der Waals surface area (Å²) in [5.41, 5.74) is 2.13. The molecule has 0 radical (unpaired) electrons. The molecular formula is C23H40O6. The van der Waals surface area contributed by atoms with Gasteiger partial charge in [0.25, 0.3) is 0 Å². The molecule has 0 amide bonds. The summed E-state index contributed by atoms with van der Waals surface area (Å²) >= 11 is 0. The highest BCUT2D eigenvalue weighted by Gasteiger charge is 2.26. The Morgan fingerprint density at radius 2 is 1.07 bits per heavy atom. The van der Waals surface area contributed by atoms with E-state index in [1.807, 2.05) is 0 Å². The molecule has 0 fully saturated rings. The molecular weight excluding hydrogens is 372 g/mol. The number of hydrogen-bond donors (Lipinski definition) is 1. The number of aliphatic hydroxyl groups excluding tert-OH is 1. The third-order valence-corrected chi connectivity index (χ3v) is 4.38. The summed E-state index contributed by atoms with van der Waals surface area (Å²) in [7, 11) is 1.71. The van der Waals surface area contributed by atoms with Crippen LogP contribution in [0.2, 0.25) is 0 Å². The van der Waals surface area contributed by atoms with Crippen LogP contribution in [-0.4, -0.2) is 65.1 Å². The van der Waals surface area contributed by atoms with Crippen LogP contribution < -0.4 is 9.47 Å². The van der Waals surface area contributed by atoms with Crippen molar-refractivity contribution in [2.24, 2.45) is 0 Å². The van der Waals surface area contributed by atoms with Crippen molar-refractivity contribution in [3.8, 4) is 11.5 Å². The maximum Gasteiger partial charge on any atom is 0.123 e. The van der Waals surface area contributed by atoms with Crippen LogP contribution in [0.15, 0.2) is 12.1 Å². The van der Waals surface area contributed by atoms with Gasteiger partial charge < -0.3 is 28.8 Å². The number of ether oxygens (including phenoxy) is 5. The van der Waals surface area contributed by atoms with Gasteiger partial charge in [0.15, 0.2) is 0 Å². The minimum absolute atomic E-state index is 0.0332. The molecule has 0 bridgehead atoms. The Kier molecular flexibility index (Phi) is 11.0. The van der Waals surface area contributed by atoms with Gasteiger partial charge in [0.05, 0.1) is 53.4 Å². The van der Waals surface area contributed by atoms with Gasteiger partial charge in [0, 0.05) is 11.1 Å². The van der Waals surface area contributed by atoms with Crippen LogP contribution in [0, 0.1) is 0 Å². The van der Waals surface area contributed by atoms with Gasteiger partial charge in [-0.25, -0.2) is 0 Å². The van der Waals surface area contributed by atoms with Crippen molar-refractivity contribution >= 4 is 0 Å². The van der Waals surface area contributed by atoms with Crippen LogP contribution in [0.4, 0.5) is 0 Å². The maximum absolute atomic E-state index is 8.61.